The van der Waals surface area contributed by atoms with Crippen molar-refractivity contribution >= 4 is 11.3 Å². The Morgan fingerprint density at radius 3 is 2.65 bits per heavy atom. The van der Waals surface area contributed by atoms with Gasteiger partial charge >= 0.3 is 0 Å². The minimum Gasteiger partial charge on any atom is -0.491 e. The summed E-state index contributed by atoms with van der Waals surface area (Å²) < 4.78 is 11.1. The molecule has 0 saturated carbocycles. The summed E-state index contributed by atoms with van der Waals surface area (Å²) >= 11 is 1.70. The summed E-state index contributed by atoms with van der Waals surface area (Å²) in [4.78, 5) is 1.23. The summed E-state index contributed by atoms with van der Waals surface area (Å²) in [5, 5.41) is 2.05. The molecular weight excluding hydrogens is 270 g/mol. The highest BCUT2D eigenvalue weighted by Crippen LogP contribution is 2.12. The molecule has 1 aromatic carbocycles. The normalized spacial score (nSPS) is 9.85. The van der Waals surface area contributed by atoms with E-state index >= 15 is 0 Å². The van der Waals surface area contributed by atoms with E-state index < -0.39 is 0 Å². The summed E-state index contributed by atoms with van der Waals surface area (Å²) in [5.41, 5.74) is 6.27. The molecule has 2 N–H and O–H groups in total. The Morgan fingerprint density at radius 1 is 1.10 bits per heavy atom. The summed E-state index contributed by atoms with van der Waals surface area (Å²) in [6.45, 7) is 2.14. The van der Waals surface area contributed by atoms with Crippen molar-refractivity contribution in [3.05, 3.63) is 52.2 Å². The van der Waals surface area contributed by atoms with Crippen LogP contribution in [0.25, 0.3) is 0 Å². The summed E-state index contributed by atoms with van der Waals surface area (Å²) in [5.74, 6) is 6.61. The van der Waals surface area contributed by atoms with Crippen LogP contribution >= 0.6 is 11.3 Å². The fraction of sp³-hybridized carbons (Fsp3) is 0.250. The van der Waals surface area contributed by atoms with Gasteiger partial charge in [-0.05, 0) is 35.7 Å². The van der Waals surface area contributed by atoms with Gasteiger partial charge in [-0.2, -0.15) is 0 Å². The summed E-state index contributed by atoms with van der Waals surface area (Å²) in [6.07, 6.45) is 0. The highest BCUT2D eigenvalue weighted by molar-refractivity contribution is 7.09. The minimum atomic E-state index is 0.375. The molecule has 0 atom stereocenters. The number of hydrogen-bond acceptors (Lipinski definition) is 4. The lowest BCUT2D eigenvalue weighted by Gasteiger charge is -2.06. The Hall–Kier alpha value is -1.80. The predicted molar refractivity (Wildman–Crippen MR) is 81.8 cm³/mol. The van der Waals surface area contributed by atoms with Crippen molar-refractivity contribution in [2.45, 2.75) is 6.61 Å². The molecule has 0 amide bonds. The van der Waals surface area contributed by atoms with Crippen molar-refractivity contribution in [3.8, 4) is 17.6 Å². The number of benzene rings is 1. The first-order valence-corrected chi connectivity index (χ1v) is 7.28. The molecule has 4 heteroatoms. The van der Waals surface area contributed by atoms with Gasteiger partial charge in [0.2, 0.25) is 0 Å². The average Bonchev–Trinajstić information content (AvgIpc) is 2.99. The Kier molecular flexibility index (Phi) is 6.12. The Balaban J connectivity index is 1.66. The van der Waals surface area contributed by atoms with Crippen LogP contribution in [0.1, 0.15) is 10.4 Å². The second-order valence-corrected chi connectivity index (χ2v) is 5.04. The van der Waals surface area contributed by atoms with Gasteiger partial charge in [-0.1, -0.05) is 17.9 Å². The van der Waals surface area contributed by atoms with E-state index in [-0.39, 0.29) is 0 Å². The van der Waals surface area contributed by atoms with Crippen molar-refractivity contribution in [2.24, 2.45) is 5.73 Å². The number of ether oxygens (including phenoxy) is 2. The zero-order valence-electron chi connectivity index (χ0n) is 11.2. The zero-order chi connectivity index (χ0) is 14.0. The van der Waals surface area contributed by atoms with Gasteiger partial charge in [0.1, 0.15) is 12.4 Å². The number of thiophene rings is 1. The molecule has 0 unspecified atom stereocenters. The number of rotatable bonds is 6. The van der Waals surface area contributed by atoms with Crippen LogP contribution in [0.15, 0.2) is 41.8 Å². The molecule has 0 radical (unpaired) electrons. The van der Waals surface area contributed by atoms with Crippen LogP contribution < -0.4 is 10.5 Å². The molecule has 3 nitrogen and oxygen atoms in total. The van der Waals surface area contributed by atoms with Crippen LogP contribution in [-0.4, -0.2) is 19.8 Å². The lowest BCUT2D eigenvalue weighted by atomic mass is 10.2. The molecule has 0 aliphatic carbocycles. The molecule has 2 aromatic rings. The van der Waals surface area contributed by atoms with Crippen molar-refractivity contribution in [2.75, 3.05) is 19.8 Å². The van der Waals surface area contributed by atoms with E-state index in [0.717, 1.165) is 11.3 Å². The molecular formula is C16H17NO2S. The van der Waals surface area contributed by atoms with E-state index in [9.17, 15) is 0 Å². The topological polar surface area (TPSA) is 44.5 Å². The third-order valence-corrected chi connectivity index (χ3v) is 3.36. The Morgan fingerprint density at radius 2 is 1.95 bits per heavy atom. The molecule has 0 aliphatic heterocycles. The fourth-order valence-corrected chi connectivity index (χ4v) is 2.21. The van der Waals surface area contributed by atoms with Crippen molar-refractivity contribution < 1.29 is 9.47 Å². The molecule has 0 aliphatic rings. The van der Waals surface area contributed by atoms with Gasteiger partial charge in [0.25, 0.3) is 0 Å². The second kappa shape index (κ2) is 8.39. The maximum Gasteiger partial charge on any atom is 0.119 e. The standard InChI is InChI=1S/C16H17NO2S/c17-9-1-3-14-5-7-15(8-6-14)19-11-10-18-13-16-4-2-12-20-16/h2,4-8,12H,9-11,13,17H2. The van der Waals surface area contributed by atoms with E-state index in [2.05, 4.69) is 17.9 Å². The SMILES string of the molecule is NCC#Cc1ccc(OCCOCc2cccs2)cc1. The second-order valence-electron chi connectivity index (χ2n) is 4.01. The van der Waals surface area contributed by atoms with Gasteiger partial charge < -0.3 is 15.2 Å². The first kappa shape index (κ1) is 14.6. The largest absolute Gasteiger partial charge is 0.491 e. The lowest BCUT2D eigenvalue weighted by molar-refractivity contribution is 0.0905. The van der Waals surface area contributed by atoms with Crippen molar-refractivity contribution in [1.82, 2.24) is 0 Å². The van der Waals surface area contributed by atoms with Crippen LogP contribution in [0.4, 0.5) is 0 Å². The average molecular weight is 287 g/mol. The van der Waals surface area contributed by atoms with Gasteiger partial charge in [-0.3, -0.25) is 0 Å². The van der Waals surface area contributed by atoms with E-state index in [1.165, 1.54) is 4.88 Å². The van der Waals surface area contributed by atoms with Gasteiger partial charge in [0.05, 0.1) is 19.8 Å². The minimum absolute atomic E-state index is 0.375. The first-order chi connectivity index (χ1) is 9.88. The molecule has 20 heavy (non-hydrogen) atoms. The van der Waals surface area contributed by atoms with Gasteiger partial charge in [0.15, 0.2) is 0 Å². The summed E-state index contributed by atoms with van der Waals surface area (Å²) in [6, 6.07) is 11.7. The molecule has 0 fully saturated rings. The molecule has 0 bridgehead atoms. The lowest BCUT2D eigenvalue weighted by Crippen LogP contribution is -2.06. The maximum absolute atomic E-state index is 5.59. The van der Waals surface area contributed by atoms with Crippen LogP contribution in [0, 0.1) is 11.8 Å². The van der Waals surface area contributed by atoms with Crippen LogP contribution in [0.5, 0.6) is 5.75 Å². The van der Waals surface area contributed by atoms with Crippen LogP contribution in [0.3, 0.4) is 0 Å². The third-order valence-electron chi connectivity index (χ3n) is 2.51. The quantitative estimate of drug-likeness (QED) is 0.656. The molecule has 0 saturated heterocycles. The van der Waals surface area contributed by atoms with Crippen molar-refractivity contribution in [1.29, 1.82) is 0 Å². The van der Waals surface area contributed by atoms with Gasteiger partial charge in [-0.25, -0.2) is 0 Å². The van der Waals surface area contributed by atoms with Crippen LogP contribution in [-0.2, 0) is 11.3 Å². The smallest absolute Gasteiger partial charge is 0.119 e. The van der Waals surface area contributed by atoms with E-state index in [1.807, 2.05) is 35.7 Å². The molecule has 0 spiro atoms. The fourth-order valence-electron chi connectivity index (χ4n) is 1.57. The highest BCUT2D eigenvalue weighted by atomic mass is 32.1. The third kappa shape index (κ3) is 5.06. The molecule has 2 rings (SSSR count). The molecule has 104 valence electrons. The van der Waals surface area contributed by atoms with E-state index in [1.54, 1.807) is 11.3 Å². The highest BCUT2D eigenvalue weighted by Gasteiger charge is 1.96. The van der Waals surface area contributed by atoms with Crippen molar-refractivity contribution in [3.63, 3.8) is 0 Å². The van der Waals surface area contributed by atoms with Crippen LogP contribution in [0.2, 0.25) is 0 Å². The Bertz CT molecular complexity index is 552. The number of nitrogens with two attached hydrogens (primary N) is 1. The molecule has 1 heterocycles. The predicted octanol–water partition coefficient (Wildman–Crippen LogP) is 2.65. The van der Waals surface area contributed by atoms with E-state index in [0.29, 0.717) is 26.4 Å². The van der Waals surface area contributed by atoms with Gasteiger partial charge in [-0.15, -0.1) is 11.3 Å². The first-order valence-electron chi connectivity index (χ1n) is 6.40. The molecule has 1 aromatic heterocycles. The Labute approximate surface area is 123 Å². The number of hydrogen-bond donors (Lipinski definition) is 1. The monoisotopic (exact) mass is 287 g/mol. The maximum atomic E-state index is 5.59. The van der Waals surface area contributed by atoms with Gasteiger partial charge in [0, 0.05) is 10.4 Å². The zero-order valence-corrected chi connectivity index (χ0v) is 12.0. The van der Waals surface area contributed by atoms with E-state index in [4.69, 9.17) is 15.2 Å². The summed E-state index contributed by atoms with van der Waals surface area (Å²) in [7, 11) is 0.